The summed E-state index contributed by atoms with van der Waals surface area (Å²) in [6, 6.07) is 0. The summed E-state index contributed by atoms with van der Waals surface area (Å²) in [6.45, 7) is 0. The zero-order valence-corrected chi connectivity index (χ0v) is 10.5. The van der Waals surface area contributed by atoms with Crippen LogP contribution in [0.25, 0.3) is 0 Å². The van der Waals surface area contributed by atoms with Crippen molar-refractivity contribution in [2.75, 3.05) is 0 Å². The van der Waals surface area contributed by atoms with Crippen molar-refractivity contribution >= 4 is 59.9 Å². The van der Waals surface area contributed by atoms with Gasteiger partial charge < -0.3 is 12.8 Å². The summed E-state index contributed by atoms with van der Waals surface area (Å²) < 4.78 is 0. The molecular formula is C2HI3V-. The van der Waals surface area contributed by atoms with Gasteiger partial charge in [0.2, 0.25) is 0 Å². The molecule has 36 valence electrons. The topological polar surface area (TPSA) is 0 Å². The minimum absolute atomic E-state index is 0.278. The van der Waals surface area contributed by atoms with Gasteiger partial charge in [-0.25, -0.2) is 0 Å². The number of hydrogen-bond donors (Lipinski definition) is 0. The van der Waals surface area contributed by atoms with Crippen molar-refractivity contribution in [3.05, 3.63) is 6.42 Å². The van der Waals surface area contributed by atoms with E-state index in [2.05, 4.69) is 66.4 Å². The molecule has 0 rings (SSSR count). The van der Waals surface area contributed by atoms with Crippen LogP contribution < -0.4 is 0 Å². The first kappa shape index (κ1) is 11.2. The molecule has 0 spiro atoms. The molecule has 0 heterocycles. The second-order valence-electron chi connectivity index (χ2n) is 0.192. The number of rotatable bonds is 0. The fourth-order valence-electron chi connectivity index (χ4n) is 0. The summed E-state index contributed by atoms with van der Waals surface area (Å²) in [5.41, 5.74) is 0. The van der Waals surface area contributed by atoms with Gasteiger partial charge in [-0.05, 0) is 0 Å². The normalized spacial score (nSPS) is 6.33. The zero-order chi connectivity index (χ0) is 5.58. The Kier molecular flexibility index (Phi) is 19.3. The molecule has 0 saturated carbocycles. The van der Waals surface area contributed by atoms with Crippen LogP contribution in [0, 0.1) is 12.8 Å². The van der Waals surface area contributed by atoms with Crippen LogP contribution >= 0.6 is 59.9 Å². The van der Waals surface area contributed by atoms with Crippen LogP contribution in [0.3, 0.4) is 0 Å². The van der Waals surface area contributed by atoms with Crippen LogP contribution in [-0.4, -0.2) is 0 Å². The molecule has 0 aliphatic heterocycles. The summed E-state index contributed by atoms with van der Waals surface area (Å²) >= 11 is 7.39. The van der Waals surface area contributed by atoms with E-state index in [0.717, 1.165) is 0 Å². The quantitative estimate of drug-likeness (QED) is 0.299. The van der Waals surface area contributed by atoms with Crippen molar-refractivity contribution in [2.24, 2.45) is 0 Å². The minimum atomic E-state index is -0.278. The van der Waals surface area contributed by atoms with E-state index >= 15 is 0 Å². The third kappa shape index (κ3) is 33.1. The van der Waals surface area contributed by atoms with Crippen molar-refractivity contribution < 1.29 is 4.92 Å². The fraction of sp³-hybridized carbons (Fsp3) is 0. The van der Waals surface area contributed by atoms with Crippen molar-refractivity contribution in [1.29, 1.82) is 0 Å². The Labute approximate surface area is 75.9 Å². The third-order valence-electron chi connectivity index (χ3n) is 0. The van der Waals surface area contributed by atoms with Gasteiger partial charge in [0.1, 0.15) is 0 Å². The molecule has 0 saturated heterocycles. The standard InChI is InChI=1S/C2H.3HI.V/c1-2;;;;/h1H;3*1H;/q-1;;;;+3/p-3. The predicted molar refractivity (Wildman–Crippen MR) is 50.2 cm³/mol. The van der Waals surface area contributed by atoms with E-state index in [0.29, 0.717) is 0 Å². The van der Waals surface area contributed by atoms with Crippen LogP contribution in [-0.2, 0) is 4.92 Å². The Morgan fingerprint density at radius 2 is 1.17 bits per heavy atom. The molecule has 0 nitrogen and oxygen atoms in total. The molecule has 0 aliphatic carbocycles. The van der Waals surface area contributed by atoms with E-state index in [1.807, 2.05) is 0 Å². The average molecular weight is 457 g/mol. The van der Waals surface area contributed by atoms with Gasteiger partial charge in [0, 0.05) is 0 Å². The number of halogens is 3. The van der Waals surface area contributed by atoms with E-state index < -0.39 is 0 Å². The predicted octanol–water partition coefficient (Wildman–Crippen LogP) is 2.86. The van der Waals surface area contributed by atoms with Crippen LogP contribution in [0.2, 0.25) is 0 Å². The van der Waals surface area contributed by atoms with E-state index in [-0.39, 0.29) is 4.92 Å². The number of terminal acetylenes is 1. The molecule has 6 heavy (non-hydrogen) atoms. The van der Waals surface area contributed by atoms with Gasteiger partial charge >= 0.3 is 64.9 Å². The molecular weight excluding hydrogens is 456 g/mol. The molecule has 0 radical (unpaired) electrons. The first-order valence-electron chi connectivity index (χ1n) is 0.796. The fourth-order valence-corrected chi connectivity index (χ4v) is 0. The maximum absolute atomic E-state index is 5.25. The summed E-state index contributed by atoms with van der Waals surface area (Å²) in [7, 11) is 0. The molecule has 0 aliphatic rings. The molecule has 0 atom stereocenters. The number of hydrogen-bond acceptors (Lipinski definition) is 0. The summed E-state index contributed by atoms with van der Waals surface area (Å²) in [4.78, 5) is -0.278. The Morgan fingerprint density at radius 3 is 1.17 bits per heavy atom. The summed E-state index contributed by atoms with van der Waals surface area (Å²) in [6.07, 6.45) is 9.00. The average Bonchev–Trinajstić information content (AvgIpc) is 1.41. The molecule has 4 heteroatoms. The molecule has 0 fully saturated rings. The van der Waals surface area contributed by atoms with Crippen molar-refractivity contribution in [3.63, 3.8) is 0 Å². The van der Waals surface area contributed by atoms with E-state index in [4.69, 9.17) is 6.42 Å². The Balaban J connectivity index is 0. The third-order valence-corrected chi connectivity index (χ3v) is 0. The van der Waals surface area contributed by atoms with Crippen LogP contribution in [0.4, 0.5) is 0 Å². The second-order valence-corrected chi connectivity index (χ2v) is 35.6. The first-order chi connectivity index (χ1) is 2.73. The SMILES string of the molecule is [C-]#C.[I][V]([I])[I]. The Morgan fingerprint density at radius 1 is 1.17 bits per heavy atom. The van der Waals surface area contributed by atoms with Gasteiger partial charge in [0.05, 0.1) is 0 Å². The first-order valence-corrected chi connectivity index (χ1v) is 14.3. The Bertz CT molecular complexity index is 30.3. The summed E-state index contributed by atoms with van der Waals surface area (Å²) in [5.74, 6) is 0. The van der Waals surface area contributed by atoms with Gasteiger partial charge in [0.15, 0.2) is 0 Å². The van der Waals surface area contributed by atoms with E-state index in [1.54, 1.807) is 0 Å². The van der Waals surface area contributed by atoms with Gasteiger partial charge in [-0.1, -0.05) is 0 Å². The maximum atomic E-state index is 5.25. The van der Waals surface area contributed by atoms with Crippen LogP contribution in [0.15, 0.2) is 0 Å². The van der Waals surface area contributed by atoms with E-state index in [1.165, 1.54) is 0 Å². The molecule has 0 aromatic heterocycles. The summed E-state index contributed by atoms with van der Waals surface area (Å²) in [5, 5.41) is 0. The second kappa shape index (κ2) is 10.3. The molecule has 0 unspecified atom stereocenters. The van der Waals surface area contributed by atoms with Gasteiger partial charge in [-0.2, -0.15) is 0 Å². The zero-order valence-electron chi connectivity index (χ0n) is 2.66. The van der Waals surface area contributed by atoms with Crippen molar-refractivity contribution in [1.82, 2.24) is 0 Å². The monoisotopic (exact) mass is 457 g/mol. The molecule has 0 N–H and O–H groups in total. The van der Waals surface area contributed by atoms with Gasteiger partial charge in [-0.15, -0.1) is 0 Å². The molecule has 0 amide bonds. The molecule has 0 bridgehead atoms. The van der Waals surface area contributed by atoms with Crippen LogP contribution in [0.5, 0.6) is 0 Å². The van der Waals surface area contributed by atoms with Gasteiger partial charge in [-0.3, -0.25) is 0 Å². The van der Waals surface area contributed by atoms with Crippen LogP contribution in [0.1, 0.15) is 0 Å². The van der Waals surface area contributed by atoms with Gasteiger partial charge in [0.25, 0.3) is 0 Å². The Hall–Kier alpha value is 2.33. The molecule has 0 aromatic carbocycles. The van der Waals surface area contributed by atoms with E-state index in [9.17, 15) is 0 Å². The van der Waals surface area contributed by atoms with Crippen molar-refractivity contribution in [3.8, 4) is 6.42 Å². The molecule has 0 aromatic rings. The van der Waals surface area contributed by atoms with Crippen molar-refractivity contribution in [2.45, 2.75) is 0 Å².